The van der Waals surface area contributed by atoms with E-state index in [2.05, 4.69) is 10.1 Å². The Morgan fingerprint density at radius 3 is 2.58 bits per heavy atom. The molecule has 1 aromatic rings. The molecule has 0 aliphatic rings. The second-order valence-corrected chi connectivity index (χ2v) is 3.97. The lowest BCUT2D eigenvalue weighted by atomic mass is 9.92. The second kappa shape index (κ2) is 3.05. The first kappa shape index (κ1) is 8.90. The first-order chi connectivity index (χ1) is 5.49. The molecule has 1 heterocycles. The number of rotatable bonds is 1. The maximum absolute atomic E-state index is 11.4. The summed E-state index contributed by atoms with van der Waals surface area (Å²) >= 11 is 0. The van der Waals surface area contributed by atoms with Crippen LogP contribution in [-0.4, -0.2) is 20.7 Å². The van der Waals surface area contributed by atoms with E-state index in [9.17, 15) is 4.79 Å². The highest BCUT2D eigenvalue weighted by molar-refractivity contribution is 5.78. The van der Waals surface area contributed by atoms with Crippen molar-refractivity contribution in [2.45, 2.75) is 27.2 Å². The summed E-state index contributed by atoms with van der Waals surface area (Å²) in [7, 11) is 0. The highest BCUT2D eigenvalue weighted by Crippen LogP contribution is 2.18. The minimum absolute atomic E-state index is 0.00301. The molecule has 0 amide bonds. The molecule has 0 bridgehead atoms. The van der Waals surface area contributed by atoms with Crippen molar-refractivity contribution in [1.29, 1.82) is 0 Å². The number of aromatic nitrogens is 3. The molecule has 0 saturated carbocycles. The van der Waals surface area contributed by atoms with E-state index >= 15 is 0 Å². The summed E-state index contributed by atoms with van der Waals surface area (Å²) in [5.41, 5.74) is 0.00301. The van der Waals surface area contributed by atoms with Crippen molar-refractivity contribution in [2.75, 3.05) is 0 Å². The van der Waals surface area contributed by atoms with Crippen molar-refractivity contribution in [1.82, 2.24) is 14.8 Å². The Hall–Kier alpha value is -1.19. The highest BCUT2D eigenvalue weighted by atomic mass is 16.2. The van der Waals surface area contributed by atoms with E-state index in [0.717, 1.165) is 0 Å². The highest BCUT2D eigenvalue weighted by Gasteiger charge is 2.17. The third-order valence-electron chi connectivity index (χ3n) is 1.36. The fraction of sp³-hybridized carbons (Fsp3) is 0.625. The Morgan fingerprint density at radius 2 is 2.17 bits per heavy atom. The van der Waals surface area contributed by atoms with Crippen molar-refractivity contribution in [3.8, 4) is 0 Å². The SMILES string of the molecule is CC(C)(C)CC(=O)n1cncn1. The van der Waals surface area contributed by atoms with Gasteiger partial charge in [-0.15, -0.1) is 0 Å². The number of carbonyl (C=O) groups excluding carboxylic acids is 1. The molecule has 0 radical (unpaired) electrons. The van der Waals surface area contributed by atoms with E-state index in [0.29, 0.717) is 6.42 Å². The minimum atomic E-state index is -0.0139. The van der Waals surface area contributed by atoms with E-state index in [1.165, 1.54) is 17.3 Å². The van der Waals surface area contributed by atoms with E-state index in [1.807, 2.05) is 20.8 Å². The molecular formula is C8H13N3O. The molecule has 0 aromatic carbocycles. The second-order valence-electron chi connectivity index (χ2n) is 3.97. The van der Waals surface area contributed by atoms with Gasteiger partial charge in [0.25, 0.3) is 0 Å². The van der Waals surface area contributed by atoms with Gasteiger partial charge in [0.2, 0.25) is 5.91 Å². The lowest BCUT2D eigenvalue weighted by Crippen LogP contribution is -2.19. The van der Waals surface area contributed by atoms with Crippen molar-refractivity contribution in [3.63, 3.8) is 0 Å². The molecule has 0 fully saturated rings. The van der Waals surface area contributed by atoms with Gasteiger partial charge >= 0.3 is 0 Å². The summed E-state index contributed by atoms with van der Waals surface area (Å²) in [6.45, 7) is 6.05. The smallest absolute Gasteiger partial charge is 0.248 e. The molecule has 4 nitrogen and oxygen atoms in total. The zero-order valence-corrected chi connectivity index (χ0v) is 7.61. The van der Waals surface area contributed by atoms with E-state index in [1.54, 1.807) is 0 Å². The maximum Gasteiger partial charge on any atom is 0.248 e. The van der Waals surface area contributed by atoms with Gasteiger partial charge in [-0.1, -0.05) is 20.8 Å². The zero-order chi connectivity index (χ0) is 9.19. The predicted molar refractivity (Wildman–Crippen MR) is 44.7 cm³/mol. The predicted octanol–water partition coefficient (Wildman–Crippen LogP) is 1.35. The summed E-state index contributed by atoms with van der Waals surface area (Å²) in [6.07, 6.45) is 3.27. The molecule has 0 spiro atoms. The molecule has 66 valence electrons. The summed E-state index contributed by atoms with van der Waals surface area (Å²) in [4.78, 5) is 15.1. The first-order valence-electron chi connectivity index (χ1n) is 3.87. The number of nitrogens with zero attached hydrogens (tertiary/aromatic N) is 3. The average Bonchev–Trinajstić information content (AvgIpc) is 2.32. The van der Waals surface area contributed by atoms with Crippen LogP contribution in [0.15, 0.2) is 12.7 Å². The van der Waals surface area contributed by atoms with Crippen molar-refractivity contribution in [2.24, 2.45) is 5.41 Å². The fourth-order valence-corrected chi connectivity index (χ4v) is 0.872. The van der Waals surface area contributed by atoms with Gasteiger partial charge < -0.3 is 0 Å². The Balaban J connectivity index is 2.63. The van der Waals surface area contributed by atoms with Crippen LogP contribution in [0.25, 0.3) is 0 Å². The Morgan fingerprint density at radius 1 is 1.50 bits per heavy atom. The van der Waals surface area contributed by atoms with Crippen LogP contribution in [0.3, 0.4) is 0 Å². The molecule has 0 aliphatic heterocycles. The van der Waals surface area contributed by atoms with Crippen LogP contribution in [0, 0.1) is 5.41 Å². The molecule has 0 unspecified atom stereocenters. The van der Waals surface area contributed by atoms with E-state index < -0.39 is 0 Å². The zero-order valence-electron chi connectivity index (χ0n) is 7.61. The van der Waals surface area contributed by atoms with Gasteiger partial charge in [-0.2, -0.15) is 9.78 Å². The largest absolute Gasteiger partial charge is 0.273 e. The molecule has 0 N–H and O–H groups in total. The molecule has 0 atom stereocenters. The summed E-state index contributed by atoms with van der Waals surface area (Å²) in [6, 6.07) is 0. The van der Waals surface area contributed by atoms with Crippen molar-refractivity contribution >= 4 is 5.91 Å². The van der Waals surface area contributed by atoms with Gasteiger partial charge in [0.15, 0.2) is 0 Å². The summed E-state index contributed by atoms with van der Waals surface area (Å²) < 4.78 is 1.27. The Labute approximate surface area is 71.6 Å². The van der Waals surface area contributed by atoms with E-state index in [4.69, 9.17) is 0 Å². The molecule has 1 aromatic heterocycles. The topological polar surface area (TPSA) is 47.8 Å². The van der Waals surface area contributed by atoms with Crippen LogP contribution in [0.2, 0.25) is 0 Å². The summed E-state index contributed by atoms with van der Waals surface area (Å²) in [5, 5.41) is 3.76. The third kappa shape index (κ3) is 2.45. The average molecular weight is 167 g/mol. The summed E-state index contributed by atoms with van der Waals surface area (Å²) in [5.74, 6) is -0.0139. The van der Waals surface area contributed by atoms with Crippen LogP contribution in [0.5, 0.6) is 0 Å². The molecule has 12 heavy (non-hydrogen) atoms. The molecule has 4 heteroatoms. The quantitative estimate of drug-likeness (QED) is 0.634. The van der Waals surface area contributed by atoms with Gasteiger partial charge in [0, 0.05) is 6.42 Å². The van der Waals surface area contributed by atoms with Crippen LogP contribution < -0.4 is 0 Å². The monoisotopic (exact) mass is 167 g/mol. The molecule has 0 aliphatic carbocycles. The van der Waals surface area contributed by atoms with Crippen molar-refractivity contribution < 1.29 is 4.79 Å². The fourth-order valence-electron chi connectivity index (χ4n) is 0.872. The normalized spacial score (nSPS) is 11.6. The number of hydrogen-bond donors (Lipinski definition) is 0. The molecular weight excluding hydrogens is 154 g/mol. The molecule has 1 rings (SSSR count). The lowest BCUT2D eigenvalue weighted by molar-refractivity contribution is 0.0840. The third-order valence-corrected chi connectivity index (χ3v) is 1.36. The van der Waals surface area contributed by atoms with Gasteiger partial charge in [-0.25, -0.2) is 4.98 Å². The Kier molecular flexibility index (Phi) is 2.26. The van der Waals surface area contributed by atoms with Gasteiger partial charge in [0.1, 0.15) is 12.7 Å². The van der Waals surface area contributed by atoms with Gasteiger partial charge in [-0.05, 0) is 5.41 Å². The van der Waals surface area contributed by atoms with Crippen LogP contribution >= 0.6 is 0 Å². The Bertz CT molecular complexity index is 258. The molecule has 0 saturated heterocycles. The van der Waals surface area contributed by atoms with Crippen molar-refractivity contribution in [3.05, 3.63) is 12.7 Å². The van der Waals surface area contributed by atoms with E-state index in [-0.39, 0.29) is 11.3 Å². The first-order valence-corrected chi connectivity index (χ1v) is 3.87. The van der Waals surface area contributed by atoms with Crippen LogP contribution in [0.4, 0.5) is 0 Å². The number of carbonyl (C=O) groups is 1. The lowest BCUT2D eigenvalue weighted by Gasteiger charge is -2.15. The standard InChI is InChI=1S/C8H13N3O/c1-8(2,3)4-7(12)11-6-9-5-10-11/h5-6H,4H2,1-3H3. The van der Waals surface area contributed by atoms with Crippen LogP contribution in [0.1, 0.15) is 32.0 Å². The number of hydrogen-bond acceptors (Lipinski definition) is 3. The van der Waals surface area contributed by atoms with Gasteiger partial charge in [-0.3, -0.25) is 4.79 Å². The minimum Gasteiger partial charge on any atom is -0.273 e. The van der Waals surface area contributed by atoms with Gasteiger partial charge in [0.05, 0.1) is 0 Å². The van der Waals surface area contributed by atoms with Crippen LogP contribution in [-0.2, 0) is 0 Å². The maximum atomic E-state index is 11.4.